The van der Waals surface area contributed by atoms with E-state index in [1.807, 2.05) is 0 Å². The van der Waals surface area contributed by atoms with E-state index in [-0.39, 0.29) is 36.4 Å². The first-order chi connectivity index (χ1) is 12.4. The second kappa shape index (κ2) is 6.56. The normalized spacial score (nSPS) is 27.4. The van der Waals surface area contributed by atoms with Crippen molar-refractivity contribution in [3.05, 3.63) is 29.8 Å². The molecule has 0 radical (unpaired) electrons. The molecular formula is C18H24FN3O3S. The molecule has 1 spiro atoms. The van der Waals surface area contributed by atoms with Crippen LogP contribution in [0.3, 0.4) is 0 Å². The lowest BCUT2D eigenvalue weighted by atomic mass is 9.82. The number of rotatable bonds is 3. The summed E-state index contributed by atoms with van der Waals surface area (Å²) in [7, 11) is -3.21. The van der Waals surface area contributed by atoms with Gasteiger partial charge in [0.2, 0.25) is 0 Å². The largest absolute Gasteiger partial charge is 0.334 e. The number of carbonyl (C=O) groups excluding carboxylic acids is 1. The Morgan fingerprint density at radius 1 is 1.23 bits per heavy atom. The van der Waals surface area contributed by atoms with Crippen molar-refractivity contribution in [2.24, 2.45) is 5.92 Å². The number of pyridine rings is 1. The molecule has 3 aliphatic heterocycles. The third-order valence-corrected chi connectivity index (χ3v) is 8.78. The molecular weight excluding hydrogens is 357 g/mol. The highest BCUT2D eigenvalue weighted by molar-refractivity contribution is 7.93. The number of amides is 1. The number of sulfone groups is 1. The second-order valence-corrected chi connectivity index (χ2v) is 10.2. The number of nitrogens with zero attached hydrogens (tertiary/aromatic N) is 3. The second-order valence-electron chi connectivity index (χ2n) is 7.75. The Bertz CT molecular complexity index is 784. The maximum absolute atomic E-state index is 13.0. The van der Waals surface area contributed by atoms with Crippen LogP contribution in [0.2, 0.25) is 0 Å². The fourth-order valence-corrected chi connectivity index (χ4v) is 7.00. The lowest BCUT2D eigenvalue weighted by Gasteiger charge is -2.50. The number of hydrogen-bond acceptors (Lipinski definition) is 5. The molecule has 3 fully saturated rings. The topological polar surface area (TPSA) is 70.6 Å². The highest BCUT2D eigenvalue weighted by atomic mass is 32.2. The Morgan fingerprint density at radius 2 is 1.96 bits per heavy atom. The van der Waals surface area contributed by atoms with E-state index in [0.717, 1.165) is 25.8 Å². The highest BCUT2D eigenvalue weighted by Crippen LogP contribution is 2.45. The zero-order valence-electron chi connectivity index (χ0n) is 14.7. The van der Waals surface area contributed by atoms with Crippen molar-refractivity contribution in [1.82, 2.24) is 14.8 Å². The summed E-state index contributed by atoms with van der Waals surface area (Å²) in [6.07, 6.45) is 5.28. The van der Waals surface area contributed by atoms with Crippen LogP contribution >= 0.6 is 0 Å². The maximum Gasteiger partial charge on any atom is 0.272 e. The Balaban J connectivity index is 1.47. The van der Waals surface area contributed by atoms with Gasteiger partial charge in [-0.25, -0.2) is 17.8 Å². The van der Waals surface area contributed by atoms with Crippen molar-refractivity contribution in [2.45, 2.75) is 30.4 Å². The molecule has 1 aromatic heterocycles. The van der Waals surface area contributed by atoms with Gasteiger partial charge in [-0.3, -0.25) is 4.79 Å². The van der Waals surface area contributed by atoms with Gasteiger partial charge >= 0.3 is 0 Å². The van der Waals surface area contributed by atoms with E-state index in [0.29, 0.717) is 6.42 Å². The van der Waals surface area contributed by atoms with Gasteiger partial charge in [-0.1, -0.05) is 6.42 Å². The van der Waals surface area contributed by atoms with Crippen molar-refractivity contribution >= 4 is 15.7 Å². The molecule has 0 bridgehead atoms. The Labute approximate surface area is 153 Å². The van der Waals surface area contributed by atoms with E-state index < -0.39 is 20.4 Å². The van der Waals surface area contributed by atoms with Gasteiger partial charge in [-0.2, -0.15) is 0 Å². The van der Waals surface area contributed by atoms with Crippen molar-refractivity contribution in [2.75, 3.05) is 38.5 Å². The minimum absolute atomic E-state index is 0.0795. The molecule has 4 rings (SSSR count). The number of likely N-dealkylation sites (tertiary alicyclic amines) is 2. The quantitative estimate of drug-likeness (QED) is 0.790. The van der Waals surface area contributed by atoms with Gasteiger partial charge in [0.05, 0.1) is 11.9 Å². The lowest BCUT2D eigenvalue weighted by molar-refractivity contribution is 0.0406. The van der Waals surface area contributed by atoms with Crippen LogP contribution in [-0.2, 0) is 9.84 Å². The molecule has 6 nitrogen and oxygen atoms in total. The van der Waals surface area contributed by atoms with Gasteiger partial charge in [-0.05, 0) is 50.4 Å². The standard InChI is InChI=1S/C18H24FN3O3S/c19-15-4-5-16(20-10-15)17(23)22-12-18(13-22)14(6-9-26(18,24)25)11-21-7-2-1-3-8-21/h4-5,10,14H,1-3,6-9,11-13H2. The summed E-state index contributed by atoms with van der Waals surface area (Å²) in [5.41, 5.74) is 0.157. The Morgan fingerprint density at radius 3 is 2.62 bits per heavy atom. The summed E-state index contributed by atoms with van der Waals surface area (Å²) in [6.45, 7) is 3.33. The first kappa shape index (κ1) is 17.9. The molecule has 0 N–H and O–H groups in total. The van der Waals surface area contributed by atoms with E-state index in [1.54, 1.807) is 0 Å². The minimum Gasteiger partial charge on any atom is -0.334 e. The van der Waals surface area contributed by atoms with Crippen LogP contribution in [0.25, 0.3) is 0 Å². The summed E-state index contributed by atoms with van der Waals surface area (Å²) < 4.78 is 37.7. The summed E-state index contributed by atoms with van der Waals surface area (Å²) in [6, 6.07) is 2.54. The van der Waals surface area contributed by atoms with Crippen LogP contribution in [0.15, 0.2) is 18.3 Å². The molecule has 1 unspecified atom stereocenters. The predicted octanol–water partition coefficient (Wildman–Crippen LogP) is 1.34. The lowest BCUT2D eigenvalue weighted by Crippen LogP contribution is -2.69. The van der Waals surface area contributed by atoms with Crippen LogP contribution in [-0.4, -0.2) is 72.3 Å². The average Bonchev–Trinajstić information content (AvgIpc) is 2.85. The van der Waals surface area contributed by atoms with Gasteiger partial charge < -0.3 is 9.80 Å². The number of halogens is 1. The highest BCUT2D eigenvalue weighted by Gasteiger charge is 2.62. The predicted molar refractivity (Wildman–Crippen MR) is 95.0 cm³/mol. The first-order valence-corrected chi connectivity index (χ1v) is 10.9. The summed E-state index contributed by atoms with van der Waals surface area (Å²) in [5, 5.41) is 0. The van der Waals surface area contributed by atoms with E-state index in [1.165, 1.54) is 36.3 Å². The molecule has 3 aliphatic rings. The molecule has 0 aliphatic carbocycles. The summed E-state index contributed by atoms with van der Waals surface area (Å²) >= 11 is 0. The molecule has 8 heteroatoms. The van der Waals surface area contributed by atoms with Crippen LogP contribution in [0, 0.1) is 11.7 Å². The third-order valence-electron chi connectivity index (χ3n) is 6.18. The van der Waals surface area contributed by atoms with Gasteiger partial charge in [0.1, 0.15) is 16.3 Å². The molecule has 1 atom stereocenters. The molecule has 4 heterocycles. The van der Waals surface area contributed by atoms with Crippen molar-refractivity contribution in [3.8, 4) is 0 Å². The van der Waals surface area contributed by atoms with Crippen molar-refractivity contribution < 1.29 is 17.6 Å². The molecule has 0 saturated carbocycles. The van der Waals surface area contributed by atoms with Gasteiger partial charge in [0.25, 0.3) is 5.91 Å². The van der Waals surface area contributed by atoms with Gasteiger partial charge in [-0.15, -0.1) is 0 Å². The van der Waals surface area contributed by atoms with E-state index in [4.69, 9.17) is 0 Å². The summed E-state index contributed by atoms with van der Waals surface area (Å²) in [5.74, 6) is -0.533. The molecule has 3 saturated heterocycles. The average molecular weight is 381 g/mol. The number of carbonyl (C=O) groups is 1. The zero-order valence-corrected chi connectivity index (χ0v) is 15.5. The van der Waals surface area contributed by atoms with Gasteiger partial charge in [0, 0.05) is 19.6 Å². The van der Waals surface area contributed by atoms with Crippen molar-refractivity contribution in [3.63, 3.8) is 0 Å². The fraction of sp³-hybridized carbons (Fsp3) is 0.667. The SMILES string of the molecule is O=C(c1ccc(F)cn1)N1CC2(C1)C(CN1CCCCC1)CCS2(=O)=O. The van der Waals surface area contributed by atoms with E-state index in [2.05, 4.69) is 9.88 Å². The van der Waals surface area contributed by atoms with E-state index >= 15 is 0 Å². The first-order valence-electron chi connectivity index (χ1n) is 9.27. The molecule has 0 aromatic carbocycles. The number of piperidine rings is 1. The van der Waals surface area contributed by atoms with Crippen LogP contribution in [0.1, 0.15) is 36.2 Å². The van der Waals surface area contributed by atoms with Crippen LogP contribution < -0.4 is 0 Å². The number of aromatic nitrogens is 1. The molecule has 26 heavy (non-hydrogen) atoms. The molecule has 142 valence electrons. The number of hydrogen-bond donors (Lipinski definition) is 0. The smallest absolute Gasteiger partial charge is 0.272 e. The van der Waals surface area contributed by atoms with Gasteiger partial charge in [0.15, 0.2) is 9.84 Å². The molecule has 1 aromatic rings. The Hall–Kier alpha value is -1.54. The zero-order chi connectivity index (χ0) is 18.4. The van der Waals surface area contributed by atoms with E-state index in [9.17, 15) is 17.6 Å². The maximum atomic E-state index is 13.0. The Kier molecular flexibility index (Phi) is 4.51. The third kappa shape index (κ3) is 2.93. The van der Waals surface area contributed by atoms with Crippen molar-refractivity contribution in [1.29, 1.82) is 0 Å². The molecule has 1 amide bonds. The fourth-order valence-electron chi connectivity index (χ4n) is 4.59. The van der Waals surface area contributed by atoms with Crippen LogP contribution in [0.5, 0.6) is 0 Å². The van der Waals surface area contributed by atoms with Crippen LogP contribution in [0.4, 0.5) is 4.39 Å². The minimum atomic E-state index is -3.21. The summed E-state index contributed by atoms with van der Waals surface area (Å²) in [4.78, 5) is 20.3. The monoisotopic (exact) mass is 381 g/mol.